The molecule has 1 aliphatic heterocycles. The van der Waals surface area contributed by atoms with Crippen molar-refractivity contribution in [2.24, 2.45) is 0 Å². The first-order valence-corrected chi connectivity index (χ1v) is 11.4. The van der Waals surface area contributed by atoms with Gasteiger partial charge in [0.2, 0.25) is 5.62 Å². The Morgan fingerprint density at radius 2 is 1.74 bits per heavy atom. The second kappa shape index (κ2) is 8.85. The van der Waals surface area contributed by atoms with Crippen molar-refractivity contribution in [1.29, 1.82) is 5.41 Å². The van der Waals surface area contributed by atoms with Crippen LogP contribution in [-0.2, 0) is 19.6 Å². The van der Waals surface area contributed by atoms with Gasteiger partial charge in [0.1, 0.15) is 6.67 Å². The van der Waals surface area contributed by atoms with E-state index < -0.39 is 0 Å². The number of pyridine rings is 1. The number of hydrazine groups is 1. The quantitative estimate of drug-likeness (QED) is 0.460. The number of hydrogen-bond acceptors (Lipinski definition) is 7. The van der Waals surface area contributed by atoms with Gasteiger partial charge in [-0.25, -0.2) is 4.98 Å². The molecular formula is C25H28N8O. The van der Waals surface area contributed by atoms with Crippen molar-refractivity contribution >= 4 is 5.82 Å². The summed E-state index contributed by atoms with van der Waals surface area (Å²) in [5.74, 6) is 0.535. The highest BCUT2D eigenvalue weighted by Crippen LogP contribution is 2.40. The summed E-state index contributed by atoms with van der Waals surface area (Å²) in [7, 11) is 0. The molecule has 3 aromatic heterocycles. The highest BCUT2D eigenvalue weighted by Gasteiger charge is 2.32. The first kappa shape index (κ1) is 22.0. The minimum Gasteiger partial charge on any atom is -0.278 e. The highest BCUT2D eigenvalue weighted by molar-refractivity contribution is 5.88. The summed E-state index contributed by atoms with van der Waals surface area (Å²) in [6, 6.07) is 15.8. The number of aromatic nitrogens is 5. The van der Waals surface area contributed by atoms with Gasteiger partial charge in [0.25, 0.3) is 0 Å². The fraction of sp³-hybridized carbons (Fsp3) is 0.280. The number of hydrogen-bond donors (Lipinski definition) is 2. The van der Waals surface area contributed by atoms with Gasteiger partial charge in [0.15, 0.2) is 5.82 Å². The third-order valence-electron chi connectivity index (χ3n) is 6.10. The van der Waals surface area contributed by atoms with Crippen LogP contribution in [0.25, 0.3) is 22.4 Å². The van der Waals surface area contributed by atoms with Crippen LogP contribution in [-0.4, -0.2) is 41.1 Å². The molecule has 4 heterocycles. The number of nitrogens with zero attached hydrogens (tertiary/aromatic N) is 7. The van der Waals surface area contributed by atoms with Crippen molar-refractivity contribution in [2.45, 2.75) is 40.4 Å². The van der Waals surface area contributed by atoms with Gasteiger partial charge in [0.05, 0.1) is 11.3 Å². The average molecular weight is 457 g/mol. The largest absolute Gasteiger partial charge is 0.278 e. The van der Waals surface area contributed by atoms with Crippen molar-refractivity contribution in [3.8, 4) is 22.4 Å². The van der Waals surface area contributed by atoms with Crippen molar-refractivity contribution in [2.75, 3.05) is 11.7 Å². The fourth-order valence-electron chi connectivity index (χ4n) is 4.58. The Bertz CT molecular complexity index is 1370. The molecule has 5 rings (SSSR count). The molecule has 0 amide bonds. The first-order chi connectivity index (χ1) is 16.5. The van der Waals surface area contributed by atoms with Crippen LogP contribution < -0.4 is 10.8 Å². The number of benzene rings is 1. The summed E-state index contributed by atoms with van der Waals surface area (Å²) in [5.41, 5.74) is 6.20. The van der Waals surface area contributed by atoms with E-state index in [1.807, 2.05) is 72.1 Å². The number of aryl methyl sites for hydroxylation is 3. The van der Waals surface area contributed by atoms with Gasteiger partial charge in [-0.3, -0.25) is 24.8 Å². The van der Waals surface area contributed by atoms with Gasteiger partial charge in [-0.15, -0.1) is 0 Å². The van der Waals surface area contributed by atoms with E-state index in [-0.39, 0.29) is 5.62 Å². The van der Waals surface area contributed by atoms with Crippen molar-refractivity contribution in [1.82, 2.24) is 29.3 Å². The maximum atomic E-state index is 11.4. The molecule has 0 aliphatic carbocycles. The minimum absolute atomic E-state index is 0.0975. The molecule has 0 radical (unpaired) electrons. The molecule has 174 valence electrons. The second-order valence-corrected chi connectivity index (χ2v) is 8.46. The van der Waals surface area contributed by atoms with E-state index >= 15 is 0 Å². The molecule has 2 N–H and O–H groups in total. The van der Waals surface area contributed by atoms with Gasteiger partial charge in [-0.1, -0.05) is 30.3 Å². The summed E-state index contributed by atoms with van der Waals surface area (Å²) < 4.78 is 3.70. The summed E-state index contributed by atoms with van der Waals surface area (Å²) in [5, 5.41) is 27.4. The zero-order valence-electron chi connectivity index (χ0n) is 19.6. The molecule has 9 heteroatoms. The molecule has 9 nitrogen and oxygen atoms in total. The van der Waals surface area contributed by atoms with E-state index in [1.165, 1.54) is 5.17 Å². The molecule has 0 atom stereocenters. The Hall–Kier alpha value is -3.82. The molecule has 1 aliphatic rings. The van der Waals surface area contributed by atoms with Gasteiger partial charge in [-0.05, 0) is 44.5 Å². The van der Waals surface area contributed by atoms with E-state index in [9.17, 15) is 5.21 Å². The number of anilines is 1. The predicted molar refractivity (Wildman–Crippen MR) is 129 cm³/mol. The van der Waals surface area contributed by atoms with Crippen LogP contribution in [0.2, 0.25) is 0 Å². The van der Waals surface area contributed by atoms with E-state index in [0.29, 0.717) is 31.1 Å². The zero-order chi connectivity index (χ0) is 23.8. The molecule has 0 bridgehead atoms. The van der Waals surface area contributed by atoms with Crippen molar-refractivity contribution < 1.29 is 5.21 Å². The summed E-state index contributed by atoms with van der Waals surface area (Å²) >= 11 is 0. The molecule has 0 spiro atoms. The molecule has 34 heavy (non-hydrogen) atoms. The minimum atomic E-state index is 0.0975. The molecule has 4 aromatic rings. The molecule has 0 saturated heterocycles. The maximum Gasteiger partial charge on any atom is 0.225 e. The van der Waals surface area contributed by atoms with Gasteiger partial charge < -0.3 is 0 Å². The Balaban J connectivity index is 1.62. The van der Waals surface area contributed by atoms with Crippen molar-refractivity contribution in [3.63, 3.8) is 0 Å². The second-order valence-electron chi connectivity index (χ2n) is 8.46. The average Bonchev–Trinajstić information content (AvgIpc) is 3.42. The maximum absolute atomic E-state index is 11.4. The lowest BCUT2D eigenvalue weighted by Crippen LogP contribution is -2.37. The normalized spacial score (nSPS) is 13.5. The van der Waals surface area contributed by atoms with Crippen LogP contribution in [0.4, 0.5) is 5.82 Å². The summed E-state index contributed by atoms with van der Waals surface area (Å²) in [6.45, 7) is 7.67. The highest BCUT2D eigenvalue weighted by atomic mass is 16.6. The van der Waals surface area contributed by atoms with Crippen LogP contribution in [0.5, 0.6) is 0 Å². The van der Waals surface area contributed by atoms with Crippen molar-refractivity contribution in [3.05, 3.63) is 77.4 Å². The molecule has 0 unspecified atom stereocenters. The smallest absolute Gasteiger partial charge is 0.225 e. The lowest BCUT2D eigenvalue weighted by atomic mass is 9.99. The zero-order valence-corrected chi connectivity index (χ0v) is 19.6. The number of rotatable bonds is 6. The number of fused-ring (bicyclic) bond motifs is 1. The Morgan fingerprint density at radius 1 is 1.00 bits per heavy atom. The van der Waals surface area contributed by atoms with Crippen LogP contribution in [0, 0.1) is 19.3 Å². The van der Waals surface area contributed by atoms with Crippen LogP contribution in [0.3, 0.4) is 0 Å². The lowest BCUT2D eigenvalue weighted by Gasteiger charge is -2.24. The third kappa shape index (κ3) is 3.89. The molecule has 1 aromatic carbocycles. The Labute approximate surface area is 198 Å². The molecule has 0 fully saturated rings. The SMILES string of the molecule is CCn1nccc1CCN1Cn2c(c(-c3cc(C)nc(C)c3)c(-c3ccccc3)nc2=N)N1O. The lowest BCUT2D eigenvalue weighted by molar-refractivity contribution is 0.0696. The first-order valence-electron chi connectivity index (χ1n) is 11.4. The van der Waals surface area contributed by atoms with E-state index in [2.05, 4.69) is 22.0 Å². The fourth-order valence-corrected chi connectivity index (χ4v) is 4.58. The third-order valence-corrected chi connectivity index (χ3v) is 6.10. The van der Waals surface area contributed by atoms with Gasteiger partial charge in [0, 0.05) is 48.4 Å². The standard InChI is InChI=1S/C25H28N8O/c1-4-32-21(10-12-27-32)11-13-30-16-31-24(33(30)34)22(20-14-17(2)28-18(3)15-20)23(29-25(31)26)19-8-6-5-7-9-19/h5-10,12,14-15,26,34H,4,11,13,16H2,1-3H3. The Morgan fingerprint density at radius 3 is 2.44 bits per heavy atom. The monoisotopic (exact) mass is 456 g/mol. The van der Waals surface area contributed by atoms with Crippen LogP contribution in [0.1, 0.15) is 24.0 Å². The Kier molecular flexibility index (Phi) is 5.72. The van der Waals surface area contributed by atoms with Crippen LogP contribution >= 0.6 is 0 Å². The van der Waals surface area contributed by atoms with E-state index in [4.69, 9.17) is 5.41 Å². The van der Waals surface area contributed by atoms with Crippen LogP contribution in [0.15, 0.2) is 54.7 Å². The predicted octanol–water partition coefficient (Wildman–Crippen LogP) is 3.55. The van der Waals surface area contributed by atoms with Gasteiger partial charge >= 0.3 is 0 Å². The van der Waals surface area contributed by atoms with Gasteiger partial charge in [-0.2, -0.15) is 15.3 Å². The summed E-state index contributed by atoms with van der Waals surface area (Å²) in [6.07, 6.45) is 2.52. The van der Waals surface area contributed by atoms with E-state index in [0.717, 1.165) is 40.3 Å². The molecule has 0 saturated carbocycles. The number of nitrogens with one attached hydrogen (secondary N) is 1. The summed E-state index contributed by atoms with van der Waals surface area (Å²) in [4.78, 5) is 9.21. The topological polar surface area (TPSA) is 99.1 Å². The molecular weight excluding hydrogens is 428 g/mol. The van der Waals surface area contributed by atoms with E-state index in [1.54, 1.807) is 10.8 Å².